The van der Waals surface area contributed by atoms with E-state index in [1.165, 1.54) is 0 Å². The fourth-order valence-electron chi connectivity index (χ4n) is 2.34. The number of anilines is 1. The SMILES string of the molecule is CSc1cc(N)nc(SC(C)c2cc3c(C)coc3c(C)n2)n1. The molecule has 0 saturated heterocycles. The molecule has 0 bridgehead atoms. The first-order chi connectivity index (χ1) is 11.0. The Morgan fingerprint density at radius 2 is 1.96 bits per heavy atom. The van der Waals surface area contributed by atoms with Crippen molar-refractivity contribution in [3.63, 3.8) is 0 Å². The lowest BCUT2D eigenvalue weighted by Crippen LogP contribution is -2.00. The molecule has 0 radical (unpaired) electrons. The highest BCUT2D eigenvalue weighted by Crippen LogP contribution is 2.35. The van der Waals surface area contributed by atoms with Crippen LogP contribution in [0.15, 0.2) is 33.0 Å². The molecule has 0 aliphatic heterocycles. The summed E-state index contributed by atoms with van der Waals surface area (Å²) in [6.45, 7) is 6.10. The van der Waals surface area contributed by atoms with Crippen molar-refractivity contribution >= 4 is 40.3 Å². The predicted octanol–water partition coefficient (Wildman–Crippen LogP) is 4.39. The molecule has 3 rings (SSSR count). The van der Waals surface area contributed by atoms with E-state index in [-0.39, 0.29) is 5.25 Å². The van der Waals surface area contributed by atoms with Gasteiger partial charge in [0.1, 0.15) is 10.8 Å². The number of aromatic nitrogens is 3. The third-order valence-electron chi connectivity index (χ3n) is 3.55. The Morgan fingerprint density at radius 1 is 1.17 bits per heavy atom. The molecule has 2 N–H and O–H groups in total. The van der Waals surface area contributed by atoms with Gasteiger partial charge in [0.15, 0.2) is 10.7 Å². The Morgan fingerprint density at radius 3 is 2.70 bits per heavy atom. The fourth-order valence-corrected chi connectivity index (χ4v) is 3.68. The van der Waals surface area contributed by atoms with E-state index in [0.29, 0.717) is 11.0 Å². The van der Waals surface area contributed by atoms with E-state index in [2.05, 4.69) is 27.9 Å². The molecule has 7 heteroatoms. The number of rotatable bonds is 4. The molecule has 0 aliphatic carbocycles. The maximum Gasteiger partial charge on any atom is 0.191 e. The summed E-state index contributed by atoms with van der Waals surface area (Å²) in [5.41, 5.74) is 9.71. The first kappa shape index (κ1) is 16.1. The lowest BCUT2D eigenvalue weighted by atomic mass is 10.1. The normalized spacial score (nSPS) is 12.7. The molecule has 1 atom stereocenters. The van der Waals surface area contributed by atoms with Crippen LogP contribution in [0.3, 0.4) is 0 Å². The van der Waals surface area contributed by atoms with E-state index in [4.69, 9.17) is 10.2 Å². The number of nitrogens with zero attached hydrogens (tertiary/aromatic N) is 3. The van der Waals surface area contributed by atoms with Crippen LogP contribution in [-0.2, 0) is 0 Å². The Kier molecular flexibility index (Phi) is 4.50. The van der Waals surface area contributed by atoms with Gasteiger partial charge in [-0.2, -0.15) is 0 Å². The molecule has 0 amide bonds. The molecular weight excluding hydrogens is 328 g/mol. The zero-order valence-electron chi connectivity index (χ0n) is 13.5. The Labute approximate surface area is 143 Å². The van der Waals surface area contributed by atoms with Crippen LogP contribution < -0.4 is 5.73 Å². The Hall–Kier alpha value is -1.73. The van der Waals surface area contributed by atoms with E-state index >= 15 is 0 Å². The second-order valence-corrected chi connectivity index (χ2v) is 7.44. The lowest BCUT2D eigenvalue weighted by molar-refractivity contribution is 0.608. The van der Waals surface area contributed by atoms with Crippen molar-refractivity contribution in [2.24, 2.45) is 0 Å². The quantitative estimate of drug-likeness (QED) is 0.426. The molecule has 0 fully saturated rings. The number of fused-ring (bicyclic) bond motifs is 1. The van der Waals surface area contributed by atoms with Gasteiger partial charge < -0.3 is 10.2 Å². The van der Waals surface area contributed by atoms with E-state index in [9.17, 15) is 0 Å². The fraction of sp³-hybridized carbons (Fsp3) is 0.312. The number of hydrogen-bond donors (Lipinski definition) is 1. The summed E-state index contributed by atoms with van der Waals surface area (Å²) in [4.78, 5) is 13.5. The zero-order valence-corrected chi connectivity index (χ0v) is 15.1. The second kappa shape index (κ2) is 6.41. The van der Waals surface area contributed by atoms with Crippen LogP contribution in [0.4, 0.5) is 5.82 Å². The van der Waals surface area contributed by atoms with Gasteiger partial charge in [-0.3, -0.25) is 4.98 Å². The first-order valence-corrected chi connectivity index (χ1v) is 9.29. The Balaban J connectivity index is 1.93. The first-order valence-electron chi connectivity index (χ1n) is 7.18. The van der Waals surface area contributed by atoms with Crippen molar-refractivity contribution in [2.75, 3.05) is 12.0 Å². The van der Waals surface area contributed by atoms with Gasteiger partial charge in [0.05, 0.1) is 22.9 Å². The highest BCUT2D eigenvalue weighted by molar-refractivity contribution is 7.99. The summed E-state index contributed by atoms with van der Waals surface area (Å²) < 4.78 is 5.57. The van der Waals surface area contributed by atoms with Crippen LogP contribution in [0.2, 0.25) is 0 Å². The molecule has 23 heavy (non-hydrogen) atoms. The van der Waals surface area contributed by atoms with E-state index in [0.717, 1.165) is 32.9 Å². The van der Waals surface area contributed by atoms with Crippen LogP contribution in [0.25, 0.3) is 11.0 Å². The van der Waals surface area contributed by atoms with Gasteiger partial charge >= 0.3 is 0 Å². The van der Waals surface area contributed by atoms with Crippen LogP contribution in [0.1, 0.15) is 29.1 Å². The van der Waals surface area contributed by atoms with Gasteiger partial charge in [-0.1, -0.05) is 11.8 Å². The van der Waals surface area contributed by atoms with Crippen LogP contribution >= 0.6 is 23.5 Å². The summed E-state index contributed by atoms with van der Waals surface area (Å²) in [6, 6.07) is 3.86. The molecule has 0 aliphatic rings. The minimum atomic E-state index is 0.115. The maximum absolute atomic E-state index is 5.85. The zero-order chi connectivity index (χ0) is 16.6. The minimum absolute atomic E-state index is 0.115. The van der Waals surface area contributed by atoms with Crippen LogP contribution in [0.5, 0.6) is 0 Å². The van der Waals surface area contributed by atoms with E-state index < -0.39 is 0 Å². The molecule has 3 heterocycles. The minimum Gasteiger partial charge on any atom is -0.462 e. The molecule has 0 spiro atoms. The third kappa shape index (κ3) is 3.30. The van der Waals surface area contributed by atoms with Gasteiger partial charge in [-0.15, -0.1) is 11.8 Å². The smallest absolute Gasteiger partial charge is 0.191 e. The number of nitrogens with two attached hydrogens (primary N) is 1. The molecule has 3 aromatic heterocycles. The standard InChI is InChI=1S/C16H18N4OS2/c1-8-7-21-15-9(2)18-12(5-11(8)15)10(3)23-16-19-13(17)6-14(20-16)22-4/h5-7,10H,1-4H3,(H2,17,19,20). The summed E-state index contributed by atoms with van der Waals surface area (Å²) in [6.07, 6.45) is 3.74. The summed E-state index contributed by atoms with van der Waals surface area (Å²) >= 11 is 3.11. The summed E-state index contributed by atoms with van der Waals surface area (Å²) in [5, 5.41) is 2.77. The topological polar surface area (TPSA) is 77.8 Å². The molecule has 0 aromatic carbocycles. The number of hydrogen-bond acceptors (Lipinski definition) is 7. The van der Waals surface area contributed by atoms with Crippen LogP contribution in [0, 0.1) is 13.8 Å². The number of pyridine rings is 1. The highest BCUT2D eigenvalue weighted by atomic mass is 32.2. The largest absolute Gasteiger partial charge is 0.462 e. The average Bonchev–Trinajstić information content (AvgIpc) is 2.88. The number of thioether (sulfide) groups is 2. The number of nitrogen functional groups attached to an aromatic ring is 1. The van der Waals surface area contributed by atoms with Gasteiger partial charge in [0.2, 0.25) is 0 Å². The molecule has 1 unspecified atom stereocenters. The van der Waals surface area contributed by atoms with E-state index in [1.807, 2.05) is 20.1 Å². The molecular formula is C16H18N4OS2. The highest BCUT2D eigenvalue weighted by Gasteiger charge is 2.16. The third-order valence-corrected chi connectivity index (χ3v) is 5.17. The van der Waals surface area contributed by atoms with Gasteiger partial charge in [-0.05, 0) is 38.7 Å². The van der Waals surface area contributed by atoms with Crippen molar-refractivity contribution in [1.82, 2.24) is 15.0 Å². The van der Waals surface area contributed by atoms with Gasteiger partial charge in [0, 0.05) is 11.5 Å². The molecule has 3 aromatic rings. The summed E-state index contributed by atoms with van der Waals surface area (Å²) in [5.74, 6) is 0.490. The second-order valence-electron chi connectivity index (χ2n) is 5.31. The van der Waals surface area contributed by atoms with Crippen molar-refractivity contribution in [3.05, 3.63) is 35.3 Å². The van der Waals surface area contributed by atoms with Gasteiger partial charge in [-0.25, -0.2) is 9.97 Å². The lowest BCUT2D eigenvalue weighted by Gasteiger charge is -2.11. The van der Waals surface area contributed by atoms with Crippen molar-refractivity contribution in [1.29, 1.82) is 0 Å². The number of furan rings is 1. The molecule has 0 saturated carbocycles. The number of aryl methyl sites for hydroxylation is 2. The van der Waals surface area contributed by atoms with Crippen molar-refractivity contribution < 1.29 is 4.42 Å². The van der Waals surface area contributed by atoms with Crippen molar-refractivity contribution in [2.45, 2.75) is 36.2 Å². The predicted molar refractivity (Wildman–Crippen MR) is 96.0 cm³/mol. The maximum atomic E-state index is 5.85. The van der Waals surface area contributed by atoms with Crippen molar-refractivity contribution in [3.8, 4) is 0 Å². The molecule has 5 nitrogen and oxygen atoms in total. The Bertz CT molecular complexity index is 863. The molecule has 120 valence electrons. The van der Waals surface area contributed by atoms with Gasteiger partial charge in [0.25, 0.3) is 0 Å². The summed E-state index contributed by atoms with van der Waals surface area (Å²) in [7, 11) is 0. The average molecular weight is 346 g/mol. The van der Waals surface area contributed by atoms with Crippen LogP contribution in [-0.4, -0.2) is 21.2 Å². The van der Waals surface area contributed by atoms with E-state index in [1.54, 1.807) is 35.9 Å². The monoisotopic (exact) mass is 346 g/mol.